The number of hydrogen-bond acceptors (Lipinski definition) is 6. The number of fused-ring (bicyclic) bond motifs is 1. The third kappa shape index (κ3) is 6.53. The molecule has 0 radical (unpaired) electrons. The van der Waals surface area contributed by atoms with Crippen molar-refractivity contribution in [2.75, 3.05) is 50.9 Å². The molecule has 1 aromatic heterocycles. The summed E-state index contributed by atoms with van der Waals surface area (Å²) in [6, 6.07) is 14.0. The molecule has 0 saturated carbocycles. The van der Waals surface area contributed by atoms with Crippen LogP contribution in [0.5, 0.6) is 5.75 Å². The number of ether oxygens (including phenoxy) is 2. The lowest BCUT2D eigenvalue weighted by molar-refractivity contribution is -0.120. The van der Waals surface area contributed by atoms with E-state index in [1.807, 2.05) is 30.3 Å². The molecular weight excluding hydrogens is 502 g/mol. The quantitative estimate of drug-likeness (QED) is 0.374. The van der Waals surface area contributed by atoms with Gasteiger partial charge in [-0.1, -0.05) is 53.2 Å². The van der Waals surface area contributed by atoms with Gasteiger partial charge >= 0.3 is 0 Å². The first-order valence-electron chi connectivity index (χ1n) is 11.4. The molecular formula is C25H30BrN3O3S. The lowest BCUT2D eigenvalue weighted by atomic mass is 10.0. The summed E-state index contributed by atoms with van der Waals surface area (Å²) in [6.07, 6.45) is 0.869. The molecule has 2 heterocycles. The Morgan fingerprint density at radius 2 is 1.97 bits per heavy atom. The minimum atomic E-state index is -0.0805. The van der Waals surface area contributed by atoms with Crippen LogP contribution in [0.3, 0.4) is 0 Å². The largest absolute Gasteiger partial charge is 0.484 e. The summed E-state index contributed by atoms with van der Waals surface area (Å²) in [5, 5.41) is 0.717. The van der Waals surface area contributed by atoms with Gasteiger partial charge in [-0.15, -0.1) is 0 Å². The fourth-order valence-electron chi connectivity index (χ4n) is 3.78. The molecule has 1 fully saturated rings. The topological polar surface area (TPSA) is 54.9 Å². The highest BCUT2D eigenvalue weighted by Crippen LogP contribution is 2.31. The number of rotatable bonds is 9. The minimum absolute atomic E-state index is 0.0157. The second-order valence-corrected chi connectivity index (χ2v) is 10.4. The Morgan fingerprint density at radius 1 is 1.21 bits per heavy atom. The minimum Gasteiger partial charge on any atom is -0.484 e. The summed E-state index contributed by atoms with van der Waals surface area (Å²) in [5.74, 6) is 1.08. The zero-order valence-corrected chi connectivity index (χ0v) is 21.5. The summed E-state index contributed by atoms with van der Waals surface area (Å²) in [6.45, 7) is 9.27. The molecule has 0 unspecified atom stereocenters. The Morgan fingerprint density at radius 3 is 2.70 bits per heavy atom. The molecule has 0 atom stereocenters. The summed E-state index contributed by atoms with van der Waals surface area (Å²) in [5.41, 5.74) is 2.15. The SMILES string of the molecule is CC(C)c1ccc(OCC(=O)N(CCCN2CCOCC2)c2nc3ccc(Br)cc3s2)cc1. The number of anilines is 1. The molecule has 8 heteroatoms. The molecule has 3 aromatic rings. The van der Waals surface area contributed by atoms with Crippen molar-refractivity contribution in [3.8, 4) is 5.75 Å². The van der Waals surface area contributed by atoms with Crippen LogP contribution in [0.25, 0.3) is 10.2 Å². The molecule has 1 saturated heterocycles. The standard InChI is InChI=1S/C25H30BrN3O3S/c1-18(2)19-4-7-21(8-5-19)32-17-24(30)29(11-3-10-28-12-14-31-15-13-28)25-27-22-9-6-20(26)16-23(22)33-25/h4-9,16,18H,3,10-15,17H2,1-2H3. The molecule has 4 rings (SSSR count). The first-order valence-corrected chi connectivity index (χ1v) is 13.0. The lowest BCUT2D eigenvalue weighted by Crippen LogP contribution is -2.40. The average molecular weight is 533 g/mol. The third-order valence-electron chi connectivity index (χ3n) is 5.74. The van der Waals surface area contributed by atoms with Gasteiger partial charge < -0.3 is 9.47 Å². The van der Waals surface area contributed by atoms with Gasteiger partial charge in [-0.3, -0.25) is 14.6 Å². The molecule has 0 bridgehead atoms. The van der Waals surface area contributed by atoms with E-state index in [-0.39, 0.29) is 12.5 Å². The van der Waals surface area contributed by atoms with Crippen LogP contribution >= 0.6 is 27.3 Å². The summed E-state index contributed by atoms with van der Waals surface area (Å²) >= 11 is 5.06. The van der Waals surface area contributed by atoms with Gasteiger partial charge in [0.15, 0.2) is 11.7 Å². The first-order chi connectivity index (χ1) is 16.0. The van der Waals surface area contributed by atoms with Crippen molar-refractivity contribution in [3.63, 3.8) is 0 Å². The number of aromatic nitrogens is 1. The summed E-state index contributed by atoms with van der Waals surface area (Å²) in [4.78, 5) is 22.1. The van der Waals surface area contributed by atoms with E-state index in [1.165, 1.54) is 16.9 Å². The van der Waals surface area contributed by atoms with Gasteiger partial charge in [-0.25, -0.2) is 4.98 Å². The molecule has 6 nitrogen and oxygen atoms in total. The lowest BCUT2D eigenvalue weighted by Gasteiger charge is -2.27. The number of carbonyl (C=O) groups excluding carboxylic acids is 1. The number of carbonyl (C=O) groups is 1. The Labute approximate surface area is 207 Å². The van der Waals surface area contributed by atoms with Crippen molar-refractivity contribution in [2.45, 2.75) is 26.2 Å². The monoisotopic (exact) mass is 531 g/mol. The Kier molecular flexibility index (Phi) is 8.35. The number of morpholine rings is 1. The molecule has 1 aliphatic rings. The van der Waals surface area contributed by atoms with E-state index in [1.54, 1.807) is 4.90 Å². The highest BCUT2D eigenvalue weighted by atomic mass is 79.9. The molecule has 1 aliphatic heterocycles. The van der Waals surface area contributed by atoms with Gasteiger partial charge in [0.25, 0.3) is 5.91 Å². The van der Waals surface area contributed by atoms with Gasteiger partial charge in [0.05, 0.1) is 23.4 Å². The second-order valence-electron chi connectivity index (χ2n) is 8.47. The number of benzene rings is 2. The molecule has 0 N–H and O–H groups in total. The highest BCUT2D eigenvalue weighted by molar-refractivity contribution is 9.10. The smallest absolute Gasteiger partial charge is 0.266 e. The van der Waals surface area contributed by atoms with Crippen LogP contribution in [0, 0.1) is 0 Å². The van der Waals surface area contributed by atoms with E-state index in [9.17, 15) is 4.79 Å². The Hall–Kier alpha value is -2.00. The number of halogens is 1. The zero-order valence-electron chi connectivity index (χ0n) is 19.1. The van der Waals surface area contributed by atoms with Crippen molar-refractivity contribution < 1.29 is 14.3 Å². The van der Waals surface area contributed by atoms with Crippen molar-refractivity contribution >= 4 is 48.5 Å². The van der Waals surface area contributed by atoms with Gasteiger partial charge in [-0.05, 0) is 48.2 Å². The fraction of sp³-hybridized carbons (Fsp3) is 0.440. The maximum atomic E-state index is 13.2. The first kappa shape index (κ1) is 24.1. The van der Waals surface area contributed by atoms with E-state index in [0.717, 1.165) is 54.0 Å². The maximum absolute atomic E-state index is 13.2. The molecule has 0 aliphatic carbocycles. The van der Waals surface area contributed by atoms with Gasteiger partial charge in [0.1, 0.15) is 5.75 Å². The Bertz CT molecular complexity index is 1060. The van der Waals surface area contributed by atoms with Crippen LogP contribution in [-0.2, 0) is 9.53 Å². The molecule has 1 amide bonds. The van der Waals surface area contributed by atoms with Gasteiger partial charge in [0.2, 0.25) is 0 Å². The molecule has 2 aromatic carbocycles. The normalized spacial score (nSPS) is 14.7. The van der Waals surface area contributed by atoms with Gasteiger partial charge in [-0.2, -0.15) is 0 Å². The van der Waals surface area contributed by atoms with E-state index >= 15 is 0 Å². The summed E-state index contributed by atoms with van der Waals surface area (Å²) in [7, 11) is 0. The second kappa shape index (κ2) is 11.4. The van der Waals surface area contributed by atoms with E-state index in [4.69, 9.17) is 14.5 Å². The maximum Gasteiger partial charge on any atom is 0.266 e. The van der Waals surface area contributed by atoms with Crippen LogP contribution < -0.4 is 9.64 Å². The fourth-order valence-corrected chi connectivity index (χ4v) is 5.34. The molecule has 0 spiro atoms. The van der Waals surface area contributed by atoms with E-state index in [0.29, 0.717) is 23.3 Å². The zero-order chi connectivity index (χ0) is 23.2. The highest BCUT2D eigenvalue weighted by Gasteiger charge is 2.21. The third-order valence-corrected chi connectivity index (χ3v) is 7.27. The Balaban J connectivity index is 1.44. The van der Waals surface area contributed by atoms with E-state index < -0.39 is 0 Å². The number of thiazole rings is 1. The van der Waals surface area contributed by atoms with Crippen LogP contribution in [0.4, 0.5) is 5.13 Å². The number of nitrogens with zero attached hydrogens (tertiary/aromatic N) is 3. The average Bonchev–Trinajstić information content (AvgIpc) is 3.24. The predicted molar refractivity (Wildman–Crippen MR) is 138 cm³/mol. The van der Waals surface area contributed by atoms with Crippen LogP contribution in [0.15, 0.2) is 46.9 Å². The van der Waals surface area contributed by atoms with Gasteiger partial charge in [0, 0.05) is 30.7 Å². The van der Waals surface area contributed by atoms with Crippen LogP contribution in [0.2, 0.25) is 0 Å². The van der Waals surface area contributed by atoms with E-state index in [2.05, 4.69) is 46.8 Å². The number of hydrogen-bond donors (Lipinski definition) is 0. The predicted octanol–water partition coefficient (Wildman–Crippen LogP) is 5.32. The van der Waals surface area contributed by atoms with Crippen LogP contribution in [-0.4, -0.2) is 61.8 Å². The molecule has 33 heavy (non-hydrogen) atoms. The van der Waals surface area contributed by atoms with Crippen LogP contribution in [0.1, 0.15) is 31.7 Å². The van der Waals surface area contributed by atoms with Crippen molar-refractivity contribution in [1.82, 2.24) is 9.88 Å². The van der Waals surface area contributed by atoms with Crippen molar-refractivity contribution in [2.24, 2.45) is 0 Å². The molecule has 176 valence electrons. The number of amides is 1. The van der Waals surface area contributed by atoms with Crippen molar-refractivity contribution in [1.29, 1.82) is 0 Å². The van der Waals surface area contributed by atoms with Crippen molar-refractivity contribution in [3.05, 3.63) is 52.5 Å². The summed E-state index contributed by atoms with van der Waals surface area (Å²) < 4.78 is 13.3.